The number of ether oxygens (including phenoxy) is 1. The summed E-state index contributed by atoms with van der Waals surface area (Å²) in [5, 5.41) is 13.3. The number of carbonyl (C=O) groups is 2. The first-order chi connectivity index (χ1) is 14.0. The van der Waals surface area contributed by atoms with E-state index in [0.717, 1.165) is 10.4 Å². The molecule has 0 spiro atoms. The quantitative estimate of drug-likeness (QED) is 0.382. The number of hydrogen-bond donors (Lipinski definition) is 1. The molecule has 11 heteroatoms. The maximum Gasteiger partial charge on any atom is 0.338 e. The summed E-state index contributed by atoms with van der Waals surface area (Å²) in [6, 6.07) is 10.5. The molecule has 0 bridgehead atoms. The molecule has 2 aromatic carbocycles. The van der Waals surface area contributed by atoms with Crippen molar-refractivity contribution in [1.82, 2.24) is 4.31 Å². The number of carbonyl (C=O) groups excluding carboxylic acids is 2. The van der Waals surface area contributed by atoms with Gasteiger partial charge < -0.3 is 10.1 Å². The summed E-state index contributed by atoms with van der Waals surface area (Å²) in [7, 11) is -2.37. The molecule has 0 saturated carbocycles. The smallest absolute Gasteiger partial charge is 0.338 e. The van der Waals surface area contributed by atoms with Crippen molar-refractivity contribution >= 4 is 33.3 Å². The number of nitro benzene ring substituents is 1. The molecule has 0 fully saturated rings. The molecular formula is C19H21N3O7S. The minimum Gasteiger partial charge on any atom is -0.452 e. The molecule has 0 radical (unpaired) electrons. The standard InChI is InChI=1S/C19H21N3O7S/c1-13(2)21(3)30(27,28)15-8-6-7-14(11-15)19(24)29-12-18(23)20-16-9-4-5-10-17(16)22(25)26/h4-11,13H,12H2,1-3H3,(H,20,23). The summed E-state index contributed by atoms with van der Waals surface area (Å²) in [6.07, 6.45) is 0. The van der Waals surface area contributed by atoms with Crippen LogP contribution in [0, 0.1) is 10.1 Å². The molecule has 10 nitrogen and oxygen atoms in total. The number of nitrogens with one attached hydrogen (secondary N) is 1. The van der Waals surface area contributed by atoms with E-state index in [0.29, 0.717) is 0 Å². The van der Waals surface area contributed by atoms with Crippen LogP contribution in [-0.4, -0.2) is 49.2 Å². The van der Waals surface area contributed by atoms with Gasteiger partial charge in [-0.1, -0.05) is 18.2 Å². The monoisotopic (exact) mass is 435 g/mol. The van der Waals surface area contributed by atoms with E-state index in [9.17, 15) is 28.1 Å². The van der Waals surface area contributed by atoms with Crippen LogP contribution < -0.4 is 5.32 Å². The number of anilines is 1. The largest absolute Gasteiger partial charge is 0.452 e. The second-order valence-electron chi connectivity index (χ2n) is 6.54. The zero-order chi connectivity index (χ0) is 22.5. The topological polar surface area (TPSA) is 136 Å². The van der Waals surface area contributed by atoms with Crippen molar-refractivity contribution in [3.05, 3.63) is 64.2 Å². The Hall–Kier alpha value is -3.31. The van der Waals surface area contributed by atoms with Crippen LogP contribution in [0.1, 0.15) is 24.2 Å². The first-order valence-electron chi connectivity index (χ1n) is 8.82. The SMILES string of the molecule is CC(C)N(C)S(=O)(=O)c1cccc(C(=O)OCC(=O)Nc2ccccc2[N+](=O)[O-])c1. The molecule has 160 valence electrons. The Morgan fingerprint density at radius 1 is 1.17 bits per heavy atom. The second-order valence-corrected chi connectivity index (χ2v) is 8.54. The Bertz CT molecular complexity index is 1070. The van der Waals surface area contributed by atoms with Crippen molar-refractivity contribution < 1.29 is 27.7 Å². The van der Waals surface area contributed by atoms with Gasteiger partial charge in [0.15, 0.2) is 6.61 Å². The van der Waals surface area contributed by atoms with E-state index in [1.54, 1.807) is 13.8 Å². The van der Waals surface area contributed by atoms with Gasteiger partial charge in [-0.05, 0) is 38.1 Å². The third-order valence-electron chi connectivity index (χ3n) is 4.18. The Morgan fingerprint density at radius 3 is 2.47 bits per heavy atom. The lowest BCUT2D eigenvalue weighted by Gasteiger charge is -2.21. The van der Waals surface area contributed by atoms with Gasteiger partial charge in [0.25, 0.3) is 11.6 Å². The van der Waals surface area contributed by atoms with Crippen LogP contribution in [0.15, 0.2) is 53.4 Å². The fourth-order valence-corrected chi connectivity index (χ4v) is 3.78. The molecule has 0 atom stereocenters. The van der Waals surface area contributed by atoms with Crippen LogP contribution in [-0.2, 0) is 19.6 Å². The van der Waals surface area contributed by atoms with Gasteiger partial charge in [0.2, 0.25) is 10.0 Å². The van der Waals surface area contributed by atoms with Crippen molar-refractivity contribution in [3.63, 3.8) is 0 Å². The Kier molecular flexibility index (Phi) is 7.24. The second kappa shape index (κ2) is 9.46. The highest BCUT2D eigenvalue weighted by atomic mass is 32.2. The van der Waals surface area contributed by atoms with Gasteiger partial charge in [-0.3, -0.25) is 14.9 Å². The number of amides is 1. The molecule has 2 aromatic rings. The number of sulfonamides is 1. The van der Waals surface area contributed by atoms with Crippen LogP contribution in [0.2, 0.25) is 0 Å². The van der Waals surface area contributed by atoms with Gasteiger partial charge in [0.1, 0.15) is 5.69 Å². The van der Waals surface area contributed by atoms with Gasteiger partial charge in [-0.25, -0.2) is 13.2 Å². The van der Waals surface area contributed by atoms with Gasteiger partial charge in [-0.2, -0.15) is 4.31 Å². The summed E-state index contributed by atoms with van der Waals surface area (Å²) in [6.45, 7) is 2.73. The number of hydrogen-bond acceptors (Lipinski definition) is 7. The van der Waals surface area contributed by atoms with Crippen LogP contribution in [0.3, 0.4) is 0 Å². The zero-order valence-electron chi connectivity index (χ0n) is 16.6. The molecule has 0 aliphatic heterocycles. The Labute approximate surface area is 173 Å². The Morgan fingerprint density at radius 2 is 1.83 bits per heavy atom. The van der Waals surface area contributed by atoms with Crippen molar-refractivity contribution in [1.29, 1.82) is 0 Å². The van der Waals surface area contributed by atoms with Crippen molar-refractivity contribution in [2.75, 3.05) is 19.0 Å². The molecule has 0 saturated heterocycles. The summed E-state index contributed by atoms with van der Waals surface area (Å²) in [4.78, 5) is 34.5. The molecule has 1 amide bonds. The highest BCUT2D eigenvalue weighted by Crippen LogP contribution is 2.23. The molecule has 0 aliphatic carbocycles. The number of benzene rings is 2. The summed E-state index contributed by atoms with van der Waals surface area (Å²) in [5.74, 6) is -1.68. The predicted molar refractivity (Wildman–Crippen MR) is 109 cm³/mol. The molecule has 0 aromatic heterocycles. The lowest BCUT2D eigenvalue weighted by Crippen LogP contribution is -2.33. The number of nitrogens with zero attached hydrogens (tertiary/aromatic N) is 2. The first-order valence-corrected chi connectivity index (χ1v) is 10.3. The fourth-order valence-electron chi connectivity index (χ4n) is 2.37. The molecule has 0 unspecified atom stereocenters. The van der Waals surface area contributed by atoms with E-state index < -0.39 is 33.4 Å². The minimum atomic E-state index is -3.80. The molecule has 0 heterocycles. The third kappa shape index (κ3) is 5.39. The predicted octanol–water partition coefficient (Wildman–Crippen LogP) is 2.42. The van der Waals surface area contributed by atoms with Crippen LogP contribution in [0.25, 0.3) is 0 Å². The molecular weight excluding hydrogens is 414 g/mol. The lowest BCUT2D eigenvalue weighted by molar-refractivity contribution is -0.383. The minimum absolute atomic E-state index is 0.0339. The lowest BCUT2D eigenvalue weighted by atomic mass is 10.2. The van der Waals surface area contributed by atoms with Crippen LogP contribution >= 0.6 is 0 Å². The van der Waals surface area contributed by atoms with Gasteiger partial charge in [0.05, 0.1) is 15.4 Å². The van der Waals surface area contributed by atoms with Crippen molar-refractivity contribution in [2.24, 2.45) is 0 Å². The van der Waals surface area contributed by atoms with Gasteiger partial charge >= 0.3 is 5.97 Å². The van der Waals surface area contributed by atoms with E-state index in [1.807, 2.05) is 0 Å². The molecule has 2 rings (SSSR count). The van der Waals surface area contributed by atoms with E-state index in [1.165, 1.54) is 49.5 Å². The number of para-hydroxylation sites is 2. The van der Waals surface area contributed by atoms with Crippen molar-refractivity contribution in [2.45, 2.75) is 24.8 Å². The maximum absolute atomic E-state index is 12.6. The van der Waals surface area contributed by atoms with Crippen LogP contribution in [0.5, 0.6) is 0 Å². The maximum atomic E-state index is 12.6. The number of rotatable bonds is 8. The third-order valence-corrected chi connectivity index (χ3v) is 6.21. The highest BCUT2D eigenvalue weighted by Gasteiger charge is 2.24. The average Bonchev–Trinajstić information content (AvgIpc) is 2.71. The molecule has 30 heavy (non-hydrogen) atoms. The fraction of sp³-hybridized carbons (Fsp3) is 0.263. The van der Waals surface area contributed by atoms with Crippen molar-refractivity contribution in [3.8, 4) is 0 Å². The summed E-state index contributed by atoms with van der Waals surface area (Å²) >= 11 is 0. The number of nitro groups is 1. The van der Waals surface area contributed by atoms with Crippen LogP contribution in [0.4, 0.5) is 11.4 Å². The van der Waals surface area contributed by atoms with E-state index in [2.05, 4.69) is 5.32 Å². The highest BCUT2D eigenvalue weighted by molar-refractivity contribution is 7.89. The zero-order valence-corrected chi connectivity index (χ0v) is 17.4. The van der Waals surface area contributed by atoms with E-state index in [-0.39, 0.29) is 27.9 Å². The first kappa shape index (κ1) is 23.0. The van der Waals surface area contributed by atoms with Gasteiger partial charge in [0, 0.05) is 19.2 Å². The summed E-state index contributed by atoms with van der Waals surface area (Å²) in [5.41, 5.74) is -0.385. The normalized spacial score (nSPS) is 11.4. The molecule has 1 N–H and O–H groups in total. The van der Waals surface area contributed by atoms with Gasteiger partial charge in [-0.15, -0.1) is 0 Å². The van der Waals surface area contributed by atoms with E-state index in [4.69, 9.17) is 4.74 Å². The van der Waals surface area contributed by atoms with E-state index >= 15 is 0 Å². The molecule has 0 aliphatic rings. The average molecular weight is 435 g/mol. The number of esters is 1. The Balaban J connectivity index is 2.07. The summed E-state index contributed by atoms with van der Waals surface area (Å²) < 4.78 is 31.2.